The molecular formula is C13H15Cl2N2Pb. The van der Waals surface area contributed by atoms with Crippen LogP contribution >= 0.6 is 23.2 Å². The molecule has 0 unspecified atom stereocenters. The normalized spacial score (nSPS) is 12.3. The molecule has 0 spiro atoms. The molecule has 0 aliphatic rings. The molecule has 0 saturated heterocycles. The molecule has 5 heteroatoms. The van der Waals surface area contributed by atoms with Crippen molar-refractivity contribution >= 4 is 60.9 Å². The molecule has 3 radical (unpaired) electrons. The van der Waals surface area contributed by atoms with Gasteiger partial charge >= 0.3 is 135 Å². The second-order valence-corrected chi connectivity index (χ2v) is 6.45. The molecule has 0 fully saturated rings. The number of aliphatic imine (C=N–C) groups is 1. The van der Waals surface area contributed by atoms with Gasteiger partial charge in [-0.25, -0.2) is 0 Å². The van der Waals surface area contributed by atoms with E-state index in [-0.39, 0.29) is 0 Å². The summed E-state index contributed by atoms with van der Waals surface area (Å²) in [6.07, 6.45) is 5.41. The second-order valence-electron chi connectivity index (χ2n) is 3.80. The van der Waals surface area contributed by atoms with Crippen molar-refractivity contribution in [2.24, 2.45) is 10.7 Å². The van der Waals surface area contributed by atoms with Crippen LogP contribution in [-0.2, 0) is 6.42 Å². The van der Waals surface area contributed by atoms with Crippen LogP contribution in [0.2, 0.25) is 9.00 Å². The number of nitrogens with zero attached hydrogens (tertiary/aromatic N) is 1. The van der Waals surface area contributed by atoms with Crippen LogP contribution in [0.1, 0.15) is 12.0 Å². The molecule has 1 rings (SSSR count). The van der Waals surface area contributed by atoms with Gasteiger partial charge in [0.05, 0.1) is 0 Å². The molecule has 18 heavy (non-hydrogen) atoms. The molecule has 0 atom stereocenters. The fourth-order valence-corrected chi connectivity index (χ4v) is 2.52. The van der Waals surface area contributed by atoms with Gasteiger partial charge in [-0.05, 0) is 0 Å². The van der Waals surface area contributed by atoms with Gasteiger partial charge in [0.2, 0.25) is 0 Å². The van der Waals surface area contributed by atoms with Gasteiger partial charge < -0.3 is 0 Å². The standard InChI is InChI=1S/C13H15Cl2N2.Pb/c1-2-3-10-4-12(15)6-13(5-10)17-9-11(7-14)8-16;/h4-6,8-9H,1-3,7,16H2;/b11-8-,17-9?;. The zero-order valence-electron chi connectivity index (χ0n) is 10.00. The van der Waals surface area contributed by atoms with Crippen molar-refractivity contribution in [3.8, 4) is 0 Å². The molecule has 0 amide bonds. The average molecular weight is 477 g/mol. The molecule has 0 aliphatic heterocycles. The number of allylic oxidation sites excluding steroid dienone is 1. The Morgan fingerprint density at radius 2 is 2.17 bits per heavy atom. The van der Waals surface area contributed by atoms with Crippen molar-refractivity contribution in [2.75, 3.05) is 5.88 Å². The van der Waals surface area contributed by atoms with Crippen LogP contribution < -0.4 is 5.73 Å². The van der Waals surface area contributed by atoms with Crippen LogP contribution in [0.4, 0.5) is 5.69 Å². The number of benzene rings is 1. The summed E-state index contributed by atoms with van der Waals surface area (Å²) in [6, 6.07) is 5.89. The predicted octanol–water partition coefficient (Wildman–Crippen LogP) is 3.64. The summed E-state index contributed by atoms with van der Waals surface area (Å²) in [5, 5.41) is 0.720. The first kappa shape index (κ1) is 16.0. The molecule has 0 saturated carbocycles. The Hall–Kier alpha value is -0.0679. The molecule has 0 bridgehead atoms. The van der Waals surface area contributed by atoms with Crippen molar-refractivity contribution in [2.45, 2.75) is 16.8 Å². The monoisotopic (exact) mass is 477 g/mol. The van der Waals surface area contributed by atoms with E-state index in [0.717, 1.165) is 22.7 Å². The maximum atomic E-state index is 6.08. The number of rotatable bonds is 6. The molecule has 1 aromatic rings. The summed E-state index contributed by atoms with van der Waals surface area (Å²) < 4.78 is 1.30. The minimum atomic E-state index is 0.355. The maximum absolute atomic E-state index is 6.08. The van der Waals surface area contributed by atoms with Crippen LogP contribution in [-0.4, -0.2) is 37.9 Å². The summed E-state index contributed by atoms with van der Waals surface area (Å²) >= 11 is 13.0. The van der Waals surface area contributed by atoms with E-state index in [4.69, 9.17) is 28.9 Å². The van der Waals surface area contributed by atoms with Gasteiger partial charge in [-0.1, -0.05) is 0 Å². The third-order valence-electron chi connectivity index (χ3n) is 2.33. The first-order chi connectivity index (χ1) is 8.69. The van der Waals surface area contributed by atoms with Gasteiger partial charge in [0.1, 0.15) is 0 Å². The van der Waals surface area contributed by atoms with Gasteiger partial charge in [-0.15, -0.1) is 0 Å². The zero-order valence-corrected chi connectivity index (χ0v) is 15.4. The van der Waals surface area contributed by atoms with Crippen molar-refractivity contribution < 1.29 is 0 Å². The third-order valence-corrected chi connectivity index (χ3v) is 4.23. The van der Waals surface area contributed by atoms with Crippen molar-refractivity contribution in [1.29, 1.82) is 0 Å². The van der Waals surface area contributed by atoms with Crippen LogP contribution in [0.15, 0.2) is 35.0 Å². The van der Waals surface area contributed by atoms with Crippen LogP contribution in [0.5, 0.6) is 0 Å². The summed E-state index contributed by atoms with van der Waals surface area (Å²) in [6.45, 7) is 0. The summed E-state index contributed by atoms with van der Waals surface area (Å²) in [5.41, 5.74) is 8.28. The number of nitrogens with two attached hydrogens (primary N) is 1. The van der Waals surface area contributed by atoms with Gasteiger partial charge in [0, 0.05) is 0 Å². The number of aryl methyl sites for hydroxylation is 1. The first-order valence-electron chi connectivity index (χ1n) is 5.64. The van der Waals surface area contributed by atoms with E-state index >= 15 is 0 Å². The molecular weight excluding hydrogens is 462 g/mol. The van der Waals surface area contributed by atoms with Gasteiger partial charge in [-0.3, -0.25) is 0 Å². The summed E-state index contributed by atoms with van der Waals surface area (Å²) in [4.78, 5) is 4.34. The number of hydrogen-bond donors (Lipinski definition) is 1. The van der Waals surface area contributed by atoms with E-state index < -0.39 is 0 Å². The van der Waals surface area contributed by atoms with E-state index in [2.05, 4.69) is 11.1 Å². The van der Waals surface area contributed by atoms with E-state index in [0.29, 0.717) is 5.88 Å². The third kappa shape index (κ3) is 5.71. The summed E-state index contributed by atoms with van der Waals surface area (Å²) in [5.74, 6) is 0.355. The van der Waals surface area contributed by atoms with Gasteiger partial charge in [-0.2, -0.15) is 0 Å². The average Bonchev–Trinajstić information content (AvgIpc) is 2.37. The second kappa shape index (κ2) is 8.94. The van der Waals surface area contributed by atoms with Gasteiger partial charge in [0.15, 0.2) is 0 Å². The molecule has 0 heterocycles. The Labute approximate surface area is 134 Å². The molecule has 0 aromatic heterocycles. The first-order valence-corrected chi connectivity index (χ1v) is 9.30. The van der Waals surface area contributed by atoms with E-state index in [1.807, 2.05) is 12.1 Å². The van der Waals surface area contributed by atoms with Crippen molar-refractivity contribution in [3.05, 3.63) is 40.6 Å². The minimum absolute atomic E-state index is 0.355. The molecule has 95 valence electrons. The Kier molecular flexibility index (Phi) is 7.94. The van der Waals surface area contributed by atoms with Crippen molar-refractivity contribution in [3.63, 3.8) is 0 Å². The molecule has 1 aromatic carbocycles. The van der Waals surface area contributed by atoms with Crippen LogP contribution in [0, 0.1) is 0 Å². The number of hydrogen-bond acceptors (Lipinski definition) is 2. The molecule has 0 aliphatic carbocycles. The fourth-order valence-electron chi connectivity index (χ4n) is 1.42. The molecule has 2 nitrogen and oxygen atoms in total. The van der Waals surface area contributed by atoms with E-state index in [1.54, 1.807) is 6.21 Å². The van der Waals surface area contributed by atoms with Crippen LogP contribution in [0.25, 0.3) is 0 Å². The van der Waals surface area contributed by atoms with E-state index in [1.165, 1.54) is 47.9 Å². The predicted molar refractivity (Wildman–Crippen MR) is 81.5 cm³/mol. The van der Waals surface area contributed by atoms with Gasteiger partial charge in [0.25, 0.3) is 0 Å². The molecule has 2 N–H and O–H groups in total. The quantitative estimate of drug-likeness (QED) is 0.379. The Morgan fingerprint density at radius 3 is 2.78 bits per heavy atom. The number of alkyl halides is 1. The summed E-state index contributed by atoms with van der Waals surface area (Å²) in [7, 11) is 0. The SMILES string of the molecule is N/C=C(\C=Nc1cc(Cl)cc(CC[CH2][Pb])c1)CCl. The van der Waals surface area contributed by atoms with E-state index in [9.17, 15) is 0 Å². The number of halogens is 2. The van der Waals surface area contributed by atoms with Crippen LogP contribution in [0.3, 0.4) is 0 Å². The topological polar surface area (TPSA) is 38.4 Å². The fraction of sp³-hybridized carbons (Fsp3) is 0.308. The Bertz CT molecular complexity index is 445. The zero-order chi connectivity index (χ0) is 13.4. The Morgan fingerprint density at radius 1 is 1.39 bits per heavy atom. The Balaban J connectivity index is 2.85. The van der Waals surface area contributed by atoms with Crippen molar-refractivity contribution in [1.82, 2.24) is 0 Å².